The van der Waals surface area contributed by atoms with E-state index in [0.29, 0.717) is 32.6 Å². The highest BCUT2D eigenvalue weighted by Gasteiger charge is 2.59. The van der Waals surface area contributed by atoms with Crippen LogP contribution in [-0.2, 0) is 9.59 Å². The highest BCUT2D eigenvalue weighted by Crippen LogP contribution is 2.44. The summed E-state index contributed by atoms with van der Waals surface area (Å²) in [5.41, 5.74) is -0.466. The molecule has 3 heterocycles. The number of aromatic nitrogens is 2. The van der Waals surface area contributed by atoms with Crippen LogP contribution in [0.15, 0.2) is 18.6 Å². The Morgan fingerprint density at radius 1 is 1.19 bits per heavy atom. The van der Waals surface area contributed by atoms with Crippen molar-refractivity contribution in [3.8, 4) is 0 Å². The lowest BCUT2D eigenvalue weighted by atomic mass is 9.80. The smallest absolute Gasteiger partial charge is 0.274 e. The van der Waals surface area contributed by atoms with Crippen molar-refractivity contribution in [3.05, 3.63) is 24.3 Å². The van der Waals surface area contributed by atoms with E-state index in [2.05, 4.69) is 9.97 Å². The maximum atomic E-state index is 13.1. The minimum atomic E-state index is -0.742. The third-order valence-corrected chi connectivity index (χ3v) is 5.45. The molecule has 0 unspecified atom stereocenters. The van der Waals surface area contributed by atoms with Crippen LogP contribution in [0.2, 0.25) is 0 Å². The molecule has 3 amide bonds. The summed E-state index contributed by atoms with van der Waals surface area (Å²) in [5, 5.41) is 0. The van der Waals surface area contributed by atoms with Gasteiger partial charge >= 0.3 is 0 Å². The number of carbonyl (C=O) groups excluding carboxylic acids is 3. The zero-order chi connectivity index (χ0) is 19.8. The summed E-state index contributed by atoms with van der Waals surface area (Å²) in [5.74, 6) is 0.0414. The van der Waals surface area contributed by atoms with Crippen LogP contribution in [0, 0.1) is 17.3 Å². The van der Waals surface area contributed by atoms with Gasteiger partial charge in [0, 0.05) is 65.0 Å². The summed E-state index contributed by atoms with van der Waals surface area (Å²) in [7, 11) is 3.44. The molecule has 2 atom stereocenters. The normalized spacial score (nSPS) is 24.3. The molecular formula is C19H27N5O3. The number of fused-ring (bicyclic) bond motifs is 1. The molecule has 27 heavy (non-hydrogen) atoms. The summed E-state index contributed by atoms with van der Waals surface area (Å²) in [6.07, 6.45) is 4.92. The van der Waals surface area contributed by atoms with Gasteiger partial charge in [-0.25, -0.2) is 4.98 Å². The number of rotatable bonds is 4. The third kappa shape index (κ3) is 3.52. The molecule has 8 nitrogen and oxygen atoms in total. The fourth-order valence-corrected chi connectivity index (χ4v) is 4.21. The molecule has 0 aliphatic carbocycles. The first-order chi connectivity index (χ1) is 12.7. The molecule has 2 aliphatic rings. The Labute approximate surface area is 159 Å². The van der Waals surface area contributed by atoms with Gasteiger partial charge in [-0.3, -0.25) is 19.4 Å². The van der Waals surface area contributed by atoms with E-state index in [0.717, 1.165) is 0 Å². The molecule has 0 N–H and O–H groups in total. The van der Waals surface area contributed by atoms with Gasteiger partial charge in [-0.15, -0.1) is 0 Å². The maximum absolute atomic E-state index is 13.1. The Morgan fingerprint density at radius 2 is 1.85 bits per heavy atom. The summed E-state index contributed by atoms with van der Waals surface area (Å²) in [6, 6.07) is 0. The predicted octanol–water partition coefficient (Wildman–Crippen LogP) is 0.512. The minimum Gasteiger partial charge on any atom is -0.348 e. The molecular weight excluding hydrogens is 346 g/mol. The average molecular weight is 373 g/mol. The number of likely N-dealkylation sites (tertiary alicyclic amines) is 2. The first kappa shape index (κ1) is 19.3. The predicted molar refractivity (Wildman–Crippen MR) is 98.6 cm³/mol. The summed E-state index contributed by atoms with van der Waals surface area (Å²) < 4.78 is 0. The van der Waals surface area contributed by atoms with Gasteiger partial charge in [0.05, 0.1) is 11.6 Å². The second-order valence-corrected chi connectivity index (χ2v) is 8.20. The van der Waals surface area contributed by atoms with Gasteiger partial charge in [0.15, 0.2) is 0 Å². The maximum Gasteiger partial charge on any atom is 0.274 e. The summed E-state index contributed by atoms with van der Waals surface area (Å²) >= 11 is 0. The second kappa shape index (κ2) is 7.25. The largest absolute Gasteiger partial charge is 0.348 e. The van der Waals surface area contributed by atoms with Gasteiger partial charge in [0.2, 0.25) is 11.8 Å². The van der Waals surface area contributed by atoms with Crippen LogP contribution in [0.25, 0.3) is 0 Å². The van der Waals surface area contributed by atoms with E-state index in [4.69, 9.17) is 0 Å². The molecule has 1 aromatic rings. The van der Waals surface area contributed by atoms with Crippen molar-refractivity contribution in [2.45, 2.75) is 20.3 Å². The quantitative estimate of drug-likeness (QED) is 0.768. The second-order valence-electron chi connectivity index (χ2n) is 8.20. The van der Waals surface area contributed by atoms with Gasteiger partial charge in [0.25, 0.3) is 5.91 Å². The van der Waals surface area contributed by atoms with E-state index >= 15 is 0 Å². The Kier molecular flexibility index (Phi) is 5.17. The number of hydrogen-bond donors (Lipinski definition) is 0. The van der Waals surface area contributed by atoms with Crippen LogP contribution in [0.3, 0.4) is 0 Å². The third-order valence-electron chi connectivity index (χ3n) is 5.45. The lowest BCUT2D eigenvalue weighted by molar-refractivity contribution is -0.140. The van der Waals surface area contributed by atoms with Gasteiger partial charge in [-0.05, 0) is 5.92 Å². The van der Waals surface area contributed by atoms with E-state index < -0.39 is 5.41 Å². The molecule has 8 heteroatoms. The SMILES string of the molecule is CC(C)CC(=O)N1C[C@@H]2CN(C(=O)c3cnccn3)C[C@]2(C(=O)N(C)C)C1. The van der Waals surface area contributed by atoms with Crippen LogP contribution in [0.1, 0.15) is 30.8 Å². The molecule has 0 spiro atoms. The van der Waals surface area contributed by atoms with Crippen molar-refractivity contribution >= 4 is 17.7 Å². The number of nitrogens with zero attached hydrogens (tertiary/aromatic N) is 5. The van der Waals surface area contributed by atoms with Crippen molar-refractivity contribution < 1.29 is 14.4 Å². The number of carbonyl (C=O) groups is 3. The van der Waals surface area contributed by atoms with Gasteiger partial charge in [0.1, 0.15) is 5.69 Å². The molecule has 2 fully saturated rings. The Bertz CT molecular complexity index is 736. The zero-order valence-corrected chi connectivity index (χ0v) is 16.4. The number of amides is 3. The van der Waals surface area contributed by atoms with Crippen molar-refractivity contribution in [2.75, 3.05) is 40.3 Å². The van der Waals surface area contributed by atoms with Gasteiger partial charge in [-0.1, -0.05) is 13.8 Å². The van der Waals surface area contributed by atoms with Crippen LogP contribution in [-0.4, -0.2) is 82.7 Å². The molecule has 0 aromatic carbocycles. The topological polar surface area (TPSA) is 86.7 Å². The van der Waals surface area contributed by atoms with E-state index in [9.17, 15) is 14.4 Å². The van der Waals surface area contributed by atoms with Crippen molar-refractivity contribution in [2.24, 2.45) is 17.3 Å². The average Bonchev–Trinajstić information content (AvgIpc) is 3.15. The highest BCUT2D eigenvalue weighted by molar-refractivity contribution is 5.94. The van der Waals surface area contributed by atoms with Gasteiger partial charge < -0.3 is 14.7 Å². The Hall–Kier alpha value is -2.51. The molecule has 146 valence electrons. The van der Waals surface area contributed by atoms with E-state index in [-0.39, 0.29) is 35.3 Å². The minimum absolute atomic E-state index is 0.0261. The van der Waals surface area contributed by atoms with E-state index in [1.165, 1.54) is 18.6 Å². The summed E-state index contributed by atoms with van der Waals surface area (Å²) in [6.45, 7) is 5.64. The van der Waals surface area contributed by atoms with Crippen LogP contribution >= 0.6 is 0 Å². The zero-order valence-electron chi connectivity index (χ0n) is 16.4. The van der Waals surface area contributed by atoms with E-state index in [1.807, 2.05) is 13.8 Å². The first-order valence-electron chi connectivity index (χ1n) is 9.29. The van der Waals surface area contributed by atoms with Crippen molar-refractivity contribution in [3.63, 3.8) is 0 Å². The first-order valence-corrected chi connectivity index (χ1v) is 9.29. The summed E-state index contributed by atoms with van der Waals surface area (Å²) in [4.78, 5) is 51.5. The molecule has 0 radical (unpaired) electrons. The van der Waals surface area contributed by atoms with Crippen LogP contribution in [0.5, 0.6) is 0 Å². The molecule has 0 saturated carbocycles. The highest BCUT2D eigenvalue weighted by atomic mass is 16.2. The van der Waals surface area contributed by atoms with Crippen LogP contribution < -0.4 is 0 Å². The van der Waals surface area contributed by atoms with Crippen LogP contribution in [0.4, 0.5) is 0 Å². The molecule has 3 rings (SSSR count). The molecule has 2 saturated heterocycles. The lowest BCUT2D eigenvalue weighted by Gasteiger charge is -2.30. The molecule has 1 aromatic heterocycles. The molecule has 0 bridgehead atoms. The van der Waals surface area contributed by atoms with Gasteiger partial charge in [-0.2, -0.15) is 0 Å². The Morgan fingerprint density at radius 3 is 2.44 bits per heavy atom. The molecule has 2 aliphatic heterocycles. The lowest BCUT2D eigenvalue weighted by Crippen LogP contribution is -2.48. The number of hydrogen-bond acceptors (Lipinski definition) is 5. The van der Waals surface area contributed by atoms with Crippen molar-refractivity contribution in [1.82, 2.24) is 24.7 Å². The van der Waals surface area contributed by atoms with E-state index in [1.54, 1.807) is 28.8 Å². The fourth-order valence-electron chi connectivity index (χ4n) is 4.21. The van der Waals surface area contributed by atoms with Crippen molar-refractivity contribution in [1.29, 1.82) is 0 Å². The standard InChI is InChI=1S/C19H27N5O3/c1-13(2)7-16(25)23-9-14-10-24(17(26)15-8-20-5-6-21-15)12-19(14,11-23)18(27)22(3)4/h5-6,8,13-14H,7,9-12H2,1-4H3/t14-,19-/m1/s1. The Balaban J connectivity index is 1.83. The fraction of sp³-hybridized carbons (Fsp3) is 0.632. The monoisotopic (exact) mass is 373 g/mol.